The molecular formula is C15H18ClFN2O2. The molecule has 1 fully saturated rings. The van der Waals surface area contributed by atoms with Crippen LogP contribution >= 0.6 is 11.6 Å². The van der Waals surface area contributed by atoms with E-state index in [1.807, 2.05) is 0 Å². The minimum atomic E-state index is -0.354. The summed E-state index contributed by atoms with van der Waals surface area (Å²) in [5, 5.41) is 2.92. The summed E-state index contributed by atoms with van der Waals surface area (Å²) in [6.45, 7) is 1.17. The van der Waals surface area contributed by atoms with E-state index in [1.54, 1.807) is 4.90 Å². The van der Waals surface area contributed by atoms with Crippen molar-refractivity contribution < 1.29 is 14.0 Å². The summed E-state index contributed by atoms with van der Waals surface area (Å²) in [4.78, 5) is 25.4. The van der Waals surface area contributed by atoms with Crippen molar-refractivity contribution in [2.45, 2.75) is 25.3 Å². The number of carbonyl (C=O) groups is 2. The third kappa shape index (κ3) is 4.43. The Morgan fingerprint density at radius 2 is 1.86 bits per heavy atom. The number of carbonyl (C=O) groups excluding carboxylic acids is 2. The summed E-state index contributed by atoms with van der Waals surface area (Å²) in [7, 11) is 0. The van der Waals surface area contributed by atoms with Crippen LogP contribution in [0.4, 0.5) is 4.39 Å². The van der Waals surface area contributed by atoms with Gasteiger partial charge >= 0.3 is 0 Å². The van der Waals surface area contributed by atoms with Gasteiger partial charge in [0.2, 0.25) is 5.91 Å². The topological polar surface area (TPSA) is 49.4 Å². The van der Waals surface area contributed by atoms with Gasteiger partial charge in [0.05, 0.1) is 0 Å². The molecule has 0 aromatic heterocycles. The van der Waals surface area contributed by atoms with Crippen molar-refractivity contribution in [1.82, 2.24) is 10.2 Å². The van der Waals surface area contributed by atoms with E-state index >= 15 is 0 Å². The number of hydrogen-bond acceptors (Lipinski definition) is 2. The molecule has 2 amide bonds. The maximum atomic E-state index is 12.9. The van der Waals surface area contributed by atoms with Gasteiger partial charge in [-0.15, -0.1) is 11.6 Å². The molecule has 0 bridgehead atoms. The lowest BCUT2D eigenvalue weighted by Gasteiger charge is -2.32. The second-order valence-corrected chi connectivity index (χ2v) is 5.46. The van der Waals surface area contributed by atoms with Gasteiger partial charge in [-0.25, -0.2) is 4.39 Å². The van der Waals surface area contributed by atoms with Gasteiger partial charge in [0.25, 0.3) is 5.91 Å². The van der Waals surface area contributed by atoms with E-state index in [1.165, 1.54) is 24.3 Å². The lowest BCUT2D eigenvalue weighted by Crippen LogP contribution is -2.46. The molecule has 2 rings (SSSR count). The van der Waals surface area contributed by atoms with Crippen molar-refractivity contribution in [2.75, 3.05) is 19.0 Å². The highest BCUT2D eigenvalue weighted by Gasteiger charge is 2.24. The molecule has 0 radical (unpaired) electrons. The van der Waals surface area contributed by atoms with E-state index in [-0.39, 0.29) is 23.7 Å². The minimum absolute atomic E-state index is 0.0479. The van der Waals surface area contributed by atoms with Crippen LogP contribution in [0.15, 0.2) is 24.3 Å². The maximum absolute atomic E-state index is 12.9. The minimum Gasteiger partial charge on any atom is -0.353 e. The zero-order valence-corrected chi connectivity index (χ0v) is 12.4. The summed E-state index contributed by atoms with van der Waals surface area (Å²) in [5.74, 6) is -0.186. The van der Waals surface area contributed by atoms with Crippen LogP contribution in [-0.4, -0.2) is 41.7 Å². The Morgan fingerprint density at radius 1 is 1.24 bits per heavy atom. The van der Waals surface area contributed by atoms with Crippen LogP contribution in [0.25, 0.3) is 0 Å². The SMILES string of the molecule is O=C(CCCl)NC1CCN(C(=O)c2ccc(F)cc2)CC1. The number of amides is 2. The Bertz CT molecular complexity index is 499. The average Bonchev–Trinajstić information content (AvgIpc) is 2.48. The van der Waals surface area contributed by atoms with Gasteiger partial charge in [-0.1, -0.05) is 0 Å². The summed E-state index contributed by atoms with van der Waals surface area (Å²) >= 11 is 5.52. The van der Waals surface area contributed by atoms with Gasteiger partial charge in [0, 0.05) is 37.0 Å². The van der Waals surface area contributed by atoms with Crippen LogP contribution in [0.3, 0.4) is 0 Å². The quantitative estimate of drug-likeness (QED) is 0.866. The van der Waals surface area contributed by atoms with E-state index in [2.05, 4.69) is 5.32 Å². The first-order valence-corrected chi connectivity index (χ1v) is 7.54. The van der Waals surface area contributed by atoms with Crippen LogP contribution in [-0.2, 0) is 4.79 Å². The first kappa shape index (κ1) is 15.8. The number of hydrogen-bond donors (Lipinski definition) is 1. The Morgan fingerprint density at radius 3 is 2.43 bits per heavy atom. The fraction of sp³-hybridized carbons (Fsp3) is 0.467. The molecule has 1 N–H and O–H groups in total. The normalized spacial score (nSPS) is 15.8. The standard InChI is InChI=1S/C15H18ClFN2O2/c16-8-5-14(20)18-13-6-9-19(10-7-13)15(21)11-1-3-12(17)4-2-11/h1-4,13H,5-10H2,(H,18,20). The Hall–Kier alpha value is -1.62. The molecule has 0 unspecified atom stereocenters. The molecule has 0 aliphatic carbocycles. The van der Waals surface area contributed by atoms with E-state index in [4.69, 9.17) is 11.6 Å². The Labute approximate surface area is 128 Å². The molecule has 0 atom stereocenters. The van der Waals surface area contributed by atoms with E-state index in [9.17, 15) is 14.0 Å². The molecule has 6 heteroatoms. The number of nitrogens with zero attached hydrogens (tertiary/aromatic N) is 1. The fourth-order valence-corrected chi connectivity index (χ4v) is 2.56. The maximum Gasteiger partial charge on any atom is 0.253 e. The molecule has 1 heterocycles. The molecular weight excluding hydrogens is 295 g/mol. The summed E-state index contributed by atoms with van der Waals surface area (Å²) in [6, 6.07) is 5.65. The first-order chi connectivity index (χ1) is 10.1. The van der Waals surface area contributed by atoms with Crippen LogP contribution in [0.5, 0.6) is 0 Å². The van der Waals surface area contributed by atoms with Crippen molar-refractivity contribution in [3.63, 3.8) is 0 Å². The highest BCUT2D eigenvalue weighted by molar-refractivity contribution is 6.18. The van der Waals surface area contributed by atoms with Gasteiger partial charge in [-0.05, 0) is 37.1 Å². The highest BCUT2D eigenvalue weighted by Crippen LogP contribution is 2.14. The largest absolute Gasteiger partial charge is 0.353 e. The highest BCUT2D eigenvalue weighted by atomic mass is 35.5. The number of nitrogens with one attached hydrogen (secondary N) is 1. The van der Waals surface area contributed by atoms with E-state index in [0.717, 1.165) is 12.8 Å². The van der Waals surface area contributed by atoms with Gasteiger partial charge in [0.1, 0.15) is 5.82 Å². The monoisotopic (exact) mass is 312 g/mol. The van der Waals surface area contributed by atoms with Crippen molar-refractivity contribution in [2.24, 2.45) is 0 Å². The number of piperidine rings is 1. The number of halogens is 2. The molecule has 1 aromatic rings. The van der Waals surface area contributed by atoms with Crippen LogP contribution in [0, 0.1) is 5.82 Å². The van der Waals surface area contributed by atoms with Crippen molar-refractivity contribution in [3.05, 3.63) is 35.6 Å². The van der Waals surface area contributed by atoms with E-state index < -0.39 is 0 Å². The molecule has 1 aliphatic rings. The van der Waals surface area contributed by atoms with E-state index in [0.29, 0.717) is 31.0 Å². The van der Waals surface area contributed by atoms with Gasteiger partial charge in [-0.2, -0.15) is 0 Å². The zero-order valence-electron chi connectivity index (χ0n) is 11.6. The zero-order chi connectivity index (χ0) is 15.2. The molecule has 1 saturated heterocycles. The molecule has 1 aliphatic heterocycles. The number of rotatable bonds is 4. The molecule has 0 spiro atoms. The summed E-state index contributed by atoms with van der Waals surface area (Å²) in [6.07, 6.45) is 1.76. The fourth-order valence-electron chi connectivity index (χ4n) is 2.39. The van der Waals surface area contributed by atoms with Crippen LogP contribution < -0.4 is 5.32 Å². The lowest BCUT2D eigenvalue weighted by molar-refractivity contribution is -0.121. The predicted octanol–water partition coefficient (Wildman–Crippen LogP) is 2.18. The summed E-state index contributed by atoms with van der Waals surface area (Å²) in [5.41, 5.74) is 0.487. The van der Waals surface area contributed by atoms with Crippen molar-refractivity contribution >= 4 is 23.4 Å². The third-order valence-corrected chi connectivity index (χ3v) is 3.75. The first-order valence-electron chi connectivity index (χ1n) is 7.00. The second kappa shape index (κ2) is 7.41. The van der Waals surface area contributed by atoms with Crippen LogP contribution in [0.2, 0.25) is 0 Å². The molecule has 21 heavy (non-hydrogen) atoms. The number of benzene rings is 1. The second-order valence-electron chi connectivity index (χ2n) is 5.08. The summed E-state index contributed by atoms with van der Waals surface area (Å²) < 4.78 is 12.9. The molecule has 1 aromatic carbocycles. The Balaban J connectivity index is 1.84. The van der Waals surface area contributed by atoms with Crippen molar-refractivity contribution in [3.8, 4) is 0 Å². The molecule has 0 saturated carbocycles. The predicted molar refractivity (Wildman–Crippen MR) is 78.8 cm³/mol. The van der Waals surface area contributed by atoms with Gasteiger partial charge in [0.15, 0.2) is 0 Å². The van der Waals surface area contributed by atoms with Crippen LogP contribution in [0.1, 0.15) is 29.6 Å². The van der Waals surface area contributed by atoms with Gasteiger partial charge in [-0.3, -0.25) is 9.59 Å². The van der Waals surface area contributed by atoms with Gasteiger partial charge < -0.3 is 10.2 Å². The molecule has 114 valence electrons. The third-order valence-electron chi connectivity index (χ3n) is 3.56. The average molecular weight is 313 g/mol. The smallest absolute Gasteiger partial charge is 0.253 e. The molecule has 4 nitrogen and oxygen atoms in total. The Kier molecular flexibility index (Phi) is 5.56. The number of alkyl halides is 1. The number of likely N-dealkylation sites (tertiary alicyclic amines) is 1. The van der Waals surface area contributed by atoms with Crippen molar-refractivity contribution in [1.29, 1.82) is 0 Å². The lowest BCUT2D eigenvalue weighted by atomic mass is 10.0.